The molecule has 0 bridgehead atoms. The third-order valence-electron chi connectivity index (χ3n) is 3.10. The molecule has 0 heterocycles. The van der Waals surface area contributed by atoms with Crippen molar-refractivity contribution in [2.75, 3.05) is 0 Å². The maximum atomic E-state index is 10.9. The van der Waals surface area contributed by atoms with Gasteiger partial charge in [-0.1, -0.05) is 28.1 Å². The molecule has 0 aromatic heterocycles. The second-order valence-electron chi connectivity index (χ2n) is 4.62. The van der Waals surface area contributed by atoms with Crippen LogP contribution >= 0.6 is 15.9 Å². The Kier molecular flexibility index (Phi) is 4.59. The zero-order valence-electron chi connectivity index (χ0n) is 11.5. The molecule has 110 valence electrons. The van der Waals surface area contributed by atoms with E-state index in [1.54, 1.807) is 44.2 Å². The highest BCUT2D eigenvalue weighted by Gasteiger charge is 2.15. The van der Waals surface area contributed by atoms with Gasteiger partial charge >= 0.3 is 0 Å². The Hall–Kier alpha value is -1.92. The highest BCUT2D eigenvalue weighted by molar-refractivity contribution is 9.10. The van der Waals surface area contributed by atoms with E-state index in [4.69, 9.17) is 4.74 Å². The van der Waals surface area contributed by atoms with Gasteiger partial charge in [-0.3, -0.25) is 10.1 Å². The van der Waals surface area contributed by atoms with Crippen LogP contribution in [0.15, 0.2) is 40.9 Å². The molecule has 21 heavy (non-hydrogen) atoms. The van der Waals surface area contributed by atoms with Crippen LogP contribution in [0.2, 0.25) is 0 Å². The first-order valence-corrected chi connectivity index (χ1v) is 7.09. The standard InChI is InChI=1S/C15H14BrNO4/c1-9-14(17(19)20)4-3-5-15(9)21-11-6-7-12(10(2)18)13(16)8-11/h3-8,10,18H,1-2H3/t10-/m0/s1. The van der Waals surface area contributed by atoms with E-state index in [2.05, 4.69) is 15.9 Å². The van der Waals surface area contributed by atoms with Gasteiger partial charge in [0.1, 0.15) is 11.5 Å². The Morgan fingerprint density at radius 3 is 2.62 bits per heavy atom. The predicted molar refractivity (Wildman–Crippen MR) is 82.7 cm³/mol. The molecule has 0 spiro atoms. The number of aliphatic hydroxyl groups is 1. The van der Waals surface area contributed by atoms with Crippen molar-refractivity contribution < 1.29 is 14.8 Å². The molecule has 0 amide bonds. The van der Waals surface area contributed by atoms with E-state index in [9.17, 15) is 15.2 Å². The van der Waals surface area contributed by atoms with Crippen LogP contribution in [0.25, 0.3) is 0 Å². The van der Waals surface area contributed by atoms with Crippen molar-refractivity contribution in [2.45, 2.75) is 20.0 Å². The quantitative estimate of drug-likeness (QED) is 0.649. The van der Waals surface area contributed by atoms with Crippen LogP contribution < -0.4 is 4.74 Å². The third kappa shape index (κ3) is 3.40. The van der Waals surface area contributed by atoms with Gasteiger partial charge in [-0.15, -0.1) is 0 Å². The summed E-state index contributed by atoms with van der Waals surface area (Å²) in [6, 6.07) is 9.88. The van der Waals surface area contributed by atoms with Gasteiger partial charge in [-0.2, -0.15) is 0 Å². The number of halogens is 1. The lowest BCUT2D eigenvalue weighted by Gasteiger charge is -2.12. The average Bonchev–Trinajstić information content (AvgIpc) is 2.40. The summed E-state index contributed by atoms with van der Waals surface area (Å²) in [7, 11) is 0. The highest BCUT2D eigenvalue weighted by atomic mass is 79.9. The van der Waals surface area contributed by atoms with E-state index in [0.717, 1.165) is 10.0 Å². The normalized spacial score (nSPS) is 12.0. The van der Waals surface area contributed by atoms with Gasteiger partial charge in [0.15, 0.2) is 0 Å². The molecule has 6 heteroatoms. The second-order valence-corrected chi connectivity index (χ2v) is 5.47. The molecule has 0 aliphatic rings. The summed E-state index contributed by atoms with van der Waals surface area (Å²) < 4.78 is 6.42. The molecular formula is C15H14BrNO4. The topological polar surface area (TPSA) is 72.6 Å². The first-order valence-electron chi connectivity index (χ1n) is 6.29. The molecule has 0 unspecified atom stereocenters. The van der Waals surface area contributed by atoms with Gasteiger partial charge < -0.3 is 9.84 Å². The molecule has 0 aliphatic carbocycles. The number of hydrogen-bond acceptors (Lipinski definition) is 4. The van der Waals surface area contributed by atoms with E-state index in [-0.39, 0.29) is 5.69 Å². The van der Waals surface area contributed by atoms with Crippen molar-refractivity contribution in [2.24, 2.45) is 0 Å². The summed E-state index contributed by atoms with van der Waals surface area (Å²) in [5, 5.41) is 20.5. The lowest BCUT2D eigenvalue weighted by molar-refractivity contribution is -0.385. The summed E-state index contributed by atoms with van der Waals surface area (Å²) in [5.41, 5.74) is 1.24. The van der Waals surface area contributed by atoms with Crippen molar-refractivity contribution in [1.29, 1.82) is 0 Å². The molecule has 0 fully saturated rings. The maximum absolute atomic E-state index is 10.9. The Labute approximate surface area is 130 Å². The Bertz CT molecular complexity index is 685. The largest absolute Gasteiger partial charge is 0.457 e. The van der Waals surface area contributed by atoms with Crippen molar-refractivity contribution in [3.63, 3.8) is 0 Å². The molecule has 2 rings (SSSR count). The maximum Gasteiger partial charge on any atom is 0.276 e. The molecule has 0 saturated heterocycles. The first kappa shape index (κ1) is 15.5. The van der Waals surface area contributed by atoms with Crippen LogP contribution in [0.1, 0.15) is 24.2 Å². The highest BCUT2D eigenvalue weighted by Crippen LogP contribution is 2.33. The Balaban J connectivity index is 2.33. The summed E-state index contributed by atoms with van der Waals surface area (Å²) in [6.45, 7) is 3.32. The van der Waals surface area contributed by atoms with Crippen LogP contribution in [0.3, 0.4) is 0 Å². The van der Waals surface area contributed by atoms with Crippen molar-refractivity contribution in [3.05, 3.63) is 62.1 Å². The number of nitro benzene ring substituents is 1. The minimum absolute atomic E-state index is 0.0205. The number of benzene rings is 2. The molecule has 2 aromatic rings. The van der Waals surface area contributed by atoms with Crippen molar-refractivity contribution in [1.82, 2.24) is 0 Å². The van der Waals surface area contributed by atoms with Gasteiger partial charge in [0.05, 0.1) is 16.6 Å². The minimum atomic E-state index is -0.590. The van der Waals surface area contributed by atoms with Crippen molar-refractivity contribution >= 4 is 21.6 Å². The smallest absolute Gasteiger partial charge is 0.276 e. The summed E-state index contributed by atoms with van der Waals surface area (Å²) in [4.78, 5) is 10.5. The van der Waals surface area contributed by atoms with Crippen LogP contribution in [-0.2, 0) is 0 Å². The SMILES string of the molecule is Cc1c(Oc2ccc([C@H](C)O)c(Br)c2)cccc1[N+](=O)[O-]. The van der Waals surface area contributed by atoms with Gasteiger partial charge in [0.25, 0.3) is 5.69 Å². The van der Waals surface area contributed by atoms with E-state index >= 15 is 0 Å². The van der Waals surface area contributed by atoms with Crippen LogP contribution in [-0.4, -0.2) is 10.0 Å². The van der Waals surface area contributed by atoms with Gasteiger partial charge in [0.2, 0.25) is 0 Å². The number of aliphatic hydroxyl groups excluding tert-OH is 1. The van der Waals surface area contributed by atoms with Crippen LogP contribution in [0, 0.1) is 17.0 Å². The van der Waals surface area contributed by atoms with Gasteiger partial charge in [0, 0.05) is 10.5 Å². The minimum Gasteiger partial charge on any atom is -0.457 e. The Morgan fingerprint density at radius 2 is 2.05 bits per heavy atom. The molecule has 0 aliphatic heterocycles. The number of rotatable bonds is 4. The summed E-state index contributed by atoms with van der Waals surface area (Å²) in [5.74, 6) is 0.968. The molecule has 2 aromatic carbocycles. The fourth-order valence-corrected chi connectivity index (χ4v) is 2.64. The lowest BCUT2D eigenvalue weighted by Crippen LogP contribution is -1.96. The lowest BCUT2D eigenvalue weighted by atomic mass is 10.1. The van der Waals surface area contributed by atoms with Crippen LogP contribution in [0.4, 0.5) is 5.69 Å². The molecule has 5 nitrogen and oxygen atoms in total. The molecular weight excluding hydrogens is 338 g/mol. The predicted octanol–water partition coefficient (Wildman–Crippen LogP) is 4.51. The van der Waals surface area contributed by atoms with E-state index in [1.165, 1.54) is 6.07 Å². The third-order valence-corrected chi connectivity index (χ3v) is 3.79. The van der Waals surface area contributed by atoms with E-state index in [1.807, 2.05) is 0 Å². The zero-order valence-corrected chi connectivity index (χ0v) is 13.1. The Morgan fingerprint density at radius 1 is 1.33 bits per heavy atom. The number of nitrogens with zero attached hydrogens (tertiary/aromatic N) is 1. The van der Waals surface area contributed by atoms with Crippen LogP contribution in [0.5, 0.6) is 11.5 Å². The number of ether oxygens (including phenoxy) is 1. The average molecular weight is 352 g/mol. The first-order chi connectivity index (χ1) is 9.90. The monoisotopic (exact) mass is 351 g/mol. The zero-order chi connectivity index (χ0) is 15.6. The second kappa shape index (κ2) is 6.24. The molecule has 0 radical (unpaired) electrons. The fraction of sp³-hybridized carbons (Fsp3) is 0.200. The summed E-state index contributed by atoms with van der Waals surface area (Å²) >= 11 is 3.37. The number of hydrogen-bond donors (Lipinski definition) is 1. The molecule has 1 atom stereocenters. The van der Waals surface area contributed by atoms with E-state index in [0.29, 0.717) is 17.1 Å². The molecule has 0 saturated carbocycles. The van der Waals surface area contributed by atoms with Gasteiger partial charge in [-0.25, -0.2) is 0 Å². The van der Waals surface area contributed by atoms with Crippen molar-refractivity contribution in [3.8, 4) is 11.5 Å². The number of nitro groups is 1. The van der Waals surface area contributed by atoms with Gasteiger partial charge in [-0.05, 0) is 37.6 Å². The fourth-order valence-electron chi connectivity index (χ4n) is 1.95. The summed E-state index contributed by atoms with van der Waals surface area (Å²) in [6.07, 6.45) is -0.590. The van der Waals surface area contributed by atoms with E-state index < -0.39 is 11.0 Å². The molecule has 1 N–H and O–H groups in total.